The van der Waals surface area contributed by atoms with Gasteiger partial charge in [0.1, 0.15) is 0 Å². The van der Waals surface area contributed by atoms with Crippen LogP contribution in [0.3, 0.4) is 0 Å². The average Bonchev–Trinajstić information content (AvgIpc) is 2.49. The molecule has 0 amide bonds. The summed E-state index contributed by atoms with van der Waals surface area (Å²) >= 11 is 12.5. The molecule has 0 aliphatic carbocycles. The predicted molar refractivity (Wildman–Crippen MR) is 87.6 cm³/mol. The Labute approximate surface area is 149 Å². The molecule has 0 fully saturated rings. The predicted octanol–water partition coefficient (Wildman–Crippen LogP) is 4.45. The van der Waals surface area contributed by atoms with Crippen LogP contribution >= 0.6 is 35.0 Å². The molecule has 0 saturated carbocycles. The van der Waals surface area contributed by atoms with Crippen molar-refractivity contribution in [2.75, 3.05) is 0 Å². The molecule has 10 heteroatoms. The van der Waals surface area contributed by atoms with Crippen LogP contribution in [0.25, 0.3) is 0 Å². The van der Waals surface area contributed by atoms with Crippen LogP contribution in [0.15, 0.2) is 40.1 Å². The molecule has 24 heavy (non-hydrogen) atoms. The molecule has 0 aliphatic heterocycles. The maximum atomic E-state index is 11.4. The normalized spacial score (nSPS) is 10.4. The second-order valence-corrected chi connectivity index (χ2v) is 6.34. The number of hydrogen-bond donors (Lipinski definition) is 2. The van der Waals surface area contributed by atoms with E-state index < -0.39 is 33.7 Å². The van der Waals surface area contributed by atoms with Crippen LogP contribution in [-0.2, 0) is 0 Å². The van der Waals surface area contributed by atoms with Gasteiger partial charge in [0.25, 0.3) is 5.69 Å². The number of rotatable bonds is 5. The zero-order valence-corrected chi connectivity index (χ0v) is 13.9. The Bertz CT molecular complexity index is 871. The number of carboxylic acid groups (broad SMARTS) is 2. The van der Waals surface area contributed by atoms with Crippen molar-refractivity contribution in [2.45, 2.75) is 9.79 Å². The number of benzene rings is 2. The third kappa shape index (κ3) is 3.78. The molecule has 2 aromatic carbocycles. The highest BCUT2D eigenvalue weighted by atomic mass is 35.5. The lowest BCUT2D eigenvalue weighted by molar-refractivity contribution is -0.385. The molecule has 0 spiro atoms. The lowest BCUT2D eigenvalue weighted by Crippen LogP contribution is -2.10. The van der Waals surface area contributed by atoms with Crippen LogP contribution in [0.5, 0.6) is 0 Å². The molecule has 0 radical (unpaired) electrons. The van der Waals surface area contributed by atoms with Gasteiger partial charge in [-0.05, 0) is 18.2 Å². The molecule has 0 aliphatic rings. The van der Waals surface area contributed by atoms with Crippen molar-refractivity contribution in [1.82, 2.24) is 0 Å². The molecule has 7 nitrogen and oxygen atoms in total. The Balaban J connectivity index is 2.65. The third-order valence-corrected chi connectivity index (χ3v) is 4.63. The summed E-state index contributed by atoms with van der Waals surface area (Å²) in [6.45, 7) is 0. The molecule has 2 rings (SSSR count). The van der Waals surface area contributed by atoms with Crippen molar-refractivity contribution in [2.24, 2.45) is 0 Å². The van der Waals surface area contributed by atoms with Crippen molar-refractivity contribution in [3.63, 3.8) is 0 Å². The highest BCUT2D eigenvalue weighted by Crippen LogP contribution is 2.37. The molecule has 0 unspecified atom stereocenters. The first kappa shape index (κ1) is 18.1. The minimum atomic E-state index is -1.58. The van der Waals surface area contributed by atoms with Crippen molar-refractivity contribution in [3.05, 3.63) is 61.6 Å². The summed E-state index contributed by atoms with van der Waals surface area (Å²) in [5.41, 5.74) is -1.73. The largest absolute Gasteiger partial charge is 0.478 e. The van der Waals surface area contributed by atoms with Gasteiger partial charge in [-0.15, -0.1) is 0 Å². The van der Waals surface area contributed by atoms with Crippen LogP contribution in [0, 0.1) is 10.1 Å². The smallest absolute Gasteiger partial charge is 0.337 e. The van der Waals surface area contributed by atoms with Gasteiger partial charge in [-0.1, -0.05) is 35.0 Å². The average molecular weight is 388 g/mol. The number of hydrogen-bond acceptors (Lipinski definition) is 5. The van der Waals surface area contributed by atoms with Crippen molar-refractivity contribution >= 4 is 52.6 Å². The van der Waals surface area contributed by atoms with E-state index in [2.05, 4.69) is 0 Å². The van der Waals surface area contributed by atoms with Gasteiger partial charge in [0.2, 0.25) is 0 Å². The number of nitrogens with zero attached hydrogens (tertiary/aromatic N) is 1. The number of nitro groups is 1. The lowest BCUT2D eigenvalue weighted by atomic mass is 10.1. The Morgan fingerprint density at radius 2 is 1.71 bits per heavy atom. The van der Waals surface area contributed by atoms with Gasteiger partial charge >= 0.3 is 11.9 Å². The fourth-order valence-corrected chi connectivity index (χ4v) is 3.25. The van der Waals surface area contributed by atoms with Crippen LogP contribution in [-0.4, -0.2) is 27.1 Å². The van der Waals surface area contributed by atoms with Gasteiger partial charge in [-0.25, -0.2) is 9.59 Å². The van der Waals surface area contributed by atoms with Gasteiger partial charge in [0, 0.05) is 21.9 Å². The summed E-state index contributed by atoms with van der Waals surface area (Å²) in [7, 11) is 0. The summed E-state index contributed by atoms with van der Waals surface area (Å²) in [5.74, 6) is -3.09. The van der Waals surface area contributed by atoms with E-state index in [1.807, 2.05) is 0 Å². The van der Waals surface area contributed by atoms with Gasteiger partial charge < -0.3 is 10.2 Å². The Kier molecular flexibility index (Phi) is 5.33. The molecule has 0 bridgehead atoms. The summed E-state index contributed by atoms with van der Waals surface area (Å²) in [5, 5.41) is 29.9. The molecule has 2 N–H and O–H groups in total. The maximum Gasteiger partial charge on any atom is 0.337 e. The monoisotopic (exact) mass is 387 g/mol. The van der Waals surface area contributed by atoms with E-state index in [-0.39, 0.29) is 14.9 Å². The molecule has 2 aromatic rings. The first-order chi connectivity index (χ1) is 11.2. The van der Waals surface area contributed by atoms with Crippen molar-refractivity contribution in [3.8, 4) is 0 Å². The van der Waals surface area contributed by atoms with Crippen molar-refractivity contribution < 1.29 is 24.7 Å². The third-order valence-electron chi connectivity index (χ3n) is 2.86. The van der Waals surface area contributed by atoms with Crippen LogP contribution in [0.1, 0.15) is 20.7 Å². The van der Waals surface area contributed by atoms with Gasteiger partial charge in [0.15, 0.2) is 0 Å². The van der Waals surface area contributed by atoms with Gasteiger partial charge in [0.05, 0.1) is 26.1 Å². The van der Waals surface area contributed by atoms with E-state index in [1.54, 1.807) is 0 Å². The number of halogens is 2. The topological polar surface area (TPSA) is 118 Å². The minimum absolute atomic E-state index is 0.0903. The summed E-state index contributed by atoms with van der Waals surface area (Å²) in [6, 6.07) is 6.17. The molecular weight excluding hydrogens is 381 g/mol. The zero-order valence-electron chi connectivity index (χ0n) is 11.5. The SMILES string of the molecule is O=C(O)c1cc([N+](=O)[O-])cc(Sc2ccc(Cl)c(Cl)c2)c1C(=O)O. The minimum Gasteiger partial charge on any atom is -0.478 e. The molecule has 124 valence electrons. The molecule has 0 atom stereocenters. The Hall–Kier alpha value is -2.29. The Morgan fingerprint density at radius 1 is 1.04 bits per heavy atom. The number of carboxylic acids is 2. The standard InChI is InChI=1S/C14H7Cl2NO6S/c15-9-2-1-7(5-10(9)16)24-11-4-6(17(22)23)3-8(13(18)19)12(11)14(20)21/h1-5H,(H,18,19)(H,20,21). The molecule has 0 heterocycles. The zero-order chi connectivity index (χ0) is 18.0. The van der Waals surface area contributed by atoms with Crippen LogP contribution < -0.4 is 0 Å². The van der Waals surface area contributed by atoms with Gasteiger partial charge in [-0.3, -0.25) is 10.1 Å². The van der Waals surface area contributed by atoms with Gasteiger partial charge in [-0.2, -0.15) is 0 Å². The number of non-ortho nitro benzene ring substituents is 1. The van der Waals surface area contributed by atoms with Crippen LogP contribution in [0.2, 0.25) is 10.0 Å². The fraction of sp³-hybridized carbons (Fsp3) is 0. The molecular formula is C14H7Cl2NO6S. The first-order valence-electron chi connectivity index (χ1n) is 6.12. The van der Waals surface area contributed by atoms with Crippen LogP contribution in [0.4, 0.5) is 5.69 Å². The summed E-state index contributed by atoms with van der Waals surface area (Å²) in [6.07, 6.45) is 0. The van der Waals surface area contributed by atoms with E-state index in [4.69, 9.17) is 28.3 Å². The number of carbonyl (C=O) groups is 2. The molecule has 0 aromatic heterocycles. The van der Waals surface area contributed by atoms with E-state index in [9.17, 15) is 24.8 Å². The van der Waals surface area contributed by atoms with E-state index in [0.717, 1.165) is 17.8 Å². The van der Waals surface area contributed by atoms with Crippen molar-refractivity contribution in [1.29, 1.82) is 0 Å². The fourth-order valence-electron chi connectivity index (χ4n) is 1.84. The highest BCUT2D eigenvalue weighted by Gasteiger charge is 2.25. The highest BCUT2D eigenvalue weighted by molar-refractivity contribution is 7.99. The number of nitro benzene ring substituents is 1. The second kappa shape index (κ2) is 7.08. The maximum absolute atomic E-state index is 11.4. The summed E-state index contributed by atoms with van der Waals surface area (Å²) in [4.78, 5) is 33.3. The molecule has 0 saturated heterocycles. The van der Waals surface area contributed by atoms with E-state index in [1.165, 1.54) is 18.2 Å². The Morgan fingerprint density at radius 3 is 2.21 bits per heavy atom. The van der Waals surface area contributed by atoms with E-state index >= 15 is 0 Å². The quantitative estimate of drug-likeness (QED) is 0.574. The first-order valence-corrected chi connectivity index (χ1v) is 7.70. The lowest BCUT2D eigenvalue weighted by Gasteiger charge is -2.09. The number of aromatic carboxylic acids is 2. The second-order valence-electron chi connectivity index (χ2n) is 4.41. The van der Waals surface area contributed by atoms with E-state index in [0.29, 0.717) is 11.0 Å². The summed E-state index contributed by atoms with van der Waals surface area (Å²) < 4.78 is 0.